The highest BCUT2D eigenvalue weighted by Crippen LogP contribution is 2.18. The molecule has 2 rings (SSSR count). The Morgan fingerprint density at radius 2 is 1.83 bits per heavy atom. The summed E-state index contributed by atoms with van der Waals surface area (Å²) in [5.74, 6) is 0.467. The molecule has 1 atom stereocenters. The summed E-state index contributed by atoms with van der Waals surface area (Å²) in [6.45, 7) is 6.34. The van der Waals surface area contributed by atoms with Crippen LogP contribution in [0.4, 0.5) is 0 Å². The number of carbonyl (C=O) groups is 2. The van der Waals surface area contributed by atoms with E-state index in [2.05, 4.69) is 21.2 Å². The highest BCUT2D eigenvalue weighted by Gasteiger charge is 2.26. The van der Waals surface area contributed by atoms with Crippen molar-refractivity contribution in [2.45, 2.75) is 52.2 Å². The van der Waals surface area contributed by atoms with Crippen molar-refractivity contribution in [3.63, 3.8) is 0 Å². The van der Waals surface area contributed by atoms with Crippen LogP contribution in [0.25, 0.3) is 0 Å². The number of nitrogens with one attached hydrogen (secondary N) is 1. The van der Waals surface area contributed by atoms with Gasteiger partial charge in [-0.1, -0.05) is 39.7 Å². The number of carbonyl (C=O) groups excluding carboxylic acids is 2. The summed E-state index contributed by atoms with van der Waals surface area (Å²) in [7, 11) is 0. The van der Waals surface area contributed by atoms with Crippen molar-refractivity contribution in [3.8, 4) is 5.75 Å². The van der Waals surface area contributed by atoms with Crippen molar-refractivity contribution in [2.24, 2.45) is 0 Å². The van der Waals surface area contributed by atoms with Crippen LogP contribution in [-0.2, 0) is 16.1 Å². The van der Waals surface area contributed by atoms with E-state index in [4.69, 9.17) is 16.3 Å². The normalized spacial score (nSPS) is 11.8. The molecule has 0 aliphatic heterocycles. The third-order valence-electron chi connectivity index (χ3n) is 4.46. The Morgan fingerprint density at radius 3 is 2.47 bits per heavy atom. The third-order valence-corrected chi connectivity index (χ3v) is 5.20. The van der Waals surface area contributed by atoms with Gasteiger partial charge < -0.3 is 15.0 Å². The maximum absolute atomic E-state index is 13.0. The molecule has 0 saturated carbocycles. The number of hydrogen-bond donors (Lipinski definition) is 1. The fourth-order valence-electron chi connectivity index (χ4n) is 2.91. The smallest absolute Gasteiger partial charge is 0.242 e. The number of rotatable bonds is 10. The fraction of sp³-hybridized carbons (Fsp3) is 0.391. The van der Waals surface area contributed by atoms with Crippen molar-refractivity contribution >= 4 is 39.3 Å². The van der Waals surface area contributed by atoms with Crippen LogP contribution in [0.15, 0.2) is 53.0 Å². The zero-order valence-corrected chi connectivity index (χ0v) is 19.9. The first-order valence-corrected chi connectivity index (χ1v) is 11.2. The van der Waals surface area contributed by atoms with Crippen molar-refractivity contribution in [2.75, 3.05) is 6.61 Å². The number of hydrogen-bond acceptors (Lipinski definition) is 3. The highest BCUT2D eigenvalue weighted by molar-refractivity contribution is 9.10. The molecular weight excluding hydrogens is 468 g/mol. The molecule has 7 heteroatoms. The zero-order chi connectivity index (χ0) is 22.1. The molecule has 0 aliphatic carbocycles. The van der Waals surface area contributed by atoms with Crippen molar-refractivity contribution < 1.29 is 14.3 Å². The molecule has 0 saturated heterocycles. The van der Waals surface area contributed by atoms with Crippen LogP contribution in [0.1, 0.15) is 39.2 Å². The molecule has 0 unspecified atom stereocenters. The van der Waals surface area contributed by atoms with Crippen LogP contribution in [-0.4, -0.2) is 35.4 Å². The van der Waals surface area contributed by atoms with Gasteiger partial charge in [0.05, 0.1) is 6.61 Å². The molecule has 0 radical (unpaired) electrons. The average Bonchev–Trinajstić information content (AvgIpc) is 2.69. The summed E-state index contributed by atoms with van der Waals surface area (Å²) >= 11 is 9.33. The Morgan fingerprint density at radius 1 is 1.13 bits per heavy atom. The molecule has 0 spiro atoms. The standard InChI is InChI=1S/C23H28BrClN2O3/c1-16(2)26-23(29)17(3)27(15-18-6-4-7-19(24)14-18)22(28)8-5-13-30-21-11-9-20(25)10-12-21/h4,6-7,9-12,14,16-17H,5,8,13,15H2,1-3H3,(H,26,29)/t17-/m1/s1. The van der Waals surface area contributed by atoms with E-state index < -0.39 is 6.04 Å². The lowest BCUT2D eigenvalue weighted by Crippen LogP contribution is -2.49. The van der Waals surface area contributed by atoms with Gasteiger partial charge in [-0.2, -0.15) is 0 Å². The van der Waals surface area contributed by atoms with Gasteiger partial charge in [0.1, 0.15) is 11.8 Å². The molecule has 0 fully saturated rings. The first kappa shape index (κ1) is 24.2. The molecule has 0 aromatic heterocycles. The van der Waals surface area contributed by atoms with Crippen LogP contribution < -0.4 is 10.1 Å². The second-order valence-electron chi connectivity index (χ2n) is 7.40. The van der Waals surface area contributed by atoms with E-state index in [-0.39, 0.29) is 17.9 Å². The maximum Gasteiger partial charge on any atom is 0.242 e. The SMILES string of the molecule is CC(C)NC(=O)[C@@H](C)N(Cc1cccc(Br)c1)C(=O)CCCOc1ccc(Cl)cc1. The lowest BCUT2D eigenvalue weighted by molar-refractivity contribution is -0.141. The summed E-state index contributed by atoms with van der Waals surface area (Å²) in [5, 5.41) is 3.54. The van der Waals surface area contributed by atoms with Gasteiger partial charge in [-0.15, -0.1) is 0 Å². The van der Waals surface area contributed by atoms with E-state index in [1.165, 1.54) is 0 Å². The Hall–Kier alpha value is -2.05. The number of halogens is 2. The first-order chi connectivity index (χ1) is 14.3. The lowest BCUT2D eigenvalue weighted by atomic mass is 10.1. The number of nitrogens with zero attached hydrogens (tertiary/aromatic N) is 1. The summed E-state index contributed by atoms with van der Waals surface area (Å²) < 4.78 is 6.60. The van der Waals surface area contributed by atoms with Crippen LogP contribution >= 0.6 is 27.5 Å². The summed E-state index contributed by atoms with van der Waals surface area (Å²) in [6, 6.07) is 14.3. The van der Waals surface area contributed by atoms with Gasteiger partial charge in [-0.3, -0.25) is 9.59 Å². The molecule has 0 heterocycles. The van der Waals surface area contributed by atoms with Crippen molar-refractivity contribution in [1.82, 2.24) is 10.2 Å². The average molecular weight is 496 g/mol. The maximum atomic E-state index is 13.0. The van der Waals surface area contributed by atoms with Crippen LogP contribution in [0.3, 0.4) is 0 Å². The molecule has 2 amide bonds. The minimum atomic E-state index is -0.573. The van der Waals surface area contributed by atoms with E-state index in [0.717, 1.165) is 10.0 Å². The number of amides is 2. The molecule has 5 nitrogen and oxygen atoms in total. The lowest BCUT2D eigenvalue weighted by Gasteiger charge is -2.29. The molecule has 0 bridgehead atoms. The Labute approximate surface area is 191 Å². The molecular formula is C23H28BrClN2O3. The molecule has 2 aromatic rings. The van der Waals surface area contributed by atoms with E-state index >= 15 is 0 Å². The Kier molecular flexibility index (Phi) is 9.66. The summed E-state index contributed by atoms with van der Waals surface area (Å²) in [6.07, 6.45) is 0.843. The van der Waals surface area contributed by atoms with Crippen molar-refractivity contribution in [3.05, 3.63) is 63.6 Å². The van der Waals surface area contributed by atoms with Crippen LogP contribution in [0.2, 0.25) is 5.02 Å². The first-order valence-electron chi connectivity index (χ1n) is 9.99. The zero-order valence-electron chi connectivity index (χ0n) is 17.5. The minimum Gasteiger partial charge on any atom is -0.494 e. The van der Waals surface area contributed by atoms with Gasteiger partial charge in [0.25, 0.3) is 0 Å². The van der Waals surface area contributed by atoms with E-state index in [0.29, 0.717) is 36.8 Å². The summed E-state index contributed by atoms with van der Waals surface area (Å²) in [4.78, 5) is 27.2. The highest BCUT2D eigenvalue weighted by atomic mass is 79.9. The van der Waals surface area contributed by atoms with Gasteiger partial charge in [0.2, 0.25) is 11.8 Å². The van der Waals surface area contributed by atoms with Gasteiger partial charge in [-0.05, 0) is 69.2 Å². The quantitative estimate of drug-likeness (QED) is 0.461. The van der Waals surface area contributed by atoms with Crippen LogP contribution in [0.5, 0.6) is 5.75 Å². The van der Waals surface area contributed by atoms with Crippen molar-refractivity contribution in [1.29, 1.82) is 0 Å². The predicted octanol–water partition coefficient (Wildman–Crippen LogP) is 5.20. The largest absolute Gasteiger partial charge is 0.494 e. The van der Waals surface area contributed by atoms with E-state index in [1.54, 1.807) is 36.1 Å². The second kappa shape index (κ2) is 12.0. The molecule has 2 aromatic carbocycles. The van der Waals surface area contributed by atoms with Gasteiger partial charge >= 0.3 is 0 Å². The molecule has 30 heavy (non-hydrogen) atoms. The molecule has 0 aliphatic rings. The predicted molar refractivity (Wildman–Crippen MR) is 124 cm³/mol. The van der Waals surface area contributed by atoms with Crippen LogP contribution in [0, 0.1) is 0 Å². The number of benzene rings is 2. The van der Waals surface area contributed by atoms with Gasteiger partial charge in [0, 0.05) is 28.5 Å². The second-order valence-corrected chi connectivity index (χ2v) is 8.75. The number of ether oxygens (including phenoxy) is 1. The van der Waals surface area contributed by atoms with Gasteiger partial charge in [-0.25, -0.2) is 0 Å². The monoisotopic (exact) mass is 494 g/mol. The minimum absolute atomic E-state index is 0.00977. The third kappa shape index (κ3) is 8.00. The topological polar surface area (TPSA) is 58.6 Å². The Bertz CT molecular complexity index is 843. The van der Waals surface area contributed by atoms with E-state index in [1.807, 2.05) is 38.1 Å². The Balaban J connectivity index is 1.99. The fourth-order valence-corrected chi connectivity index (χ4v) is 3.48. The van der Waals surface area contributed by atoms with E-state index in [9.17, 15) is 9.59 Å². The molecule has 1 N–H and O–H groups in total. The summed E-state index contributed by atoms with van der Waals surface area (Å²) in [5.41, 5.74) is 0.958. The molecule has 162 valence electrons. The van der Waals surface area contributed by atoms with Gasteiger partial charge in [0.15, 0.2) is 0 Å².